The van der Waals surface area contributed by atoms with Crippen molar-refractivity contribution in [2.75, 3.05) is 24.6 Å². The second kappa shape index (κ2) is 6.81. The summed E-state index contributed by atoms with van der Waals surface area (Å²) < 4.78 is 23.1. The molecular weight excluding hydrogens is 377 g/mol. The Morgan fingerprint density at radius 1 is 1.31 bits per heavy atom. The highest BCUT2D eigenvalue weighted by Gasteiger charge is 2.37. The van der Waals surface area contributed by atoms with Crippen LogP contribution >= 0.6 is 0 Å². The maximum atomic E-state index is 15.4. The van der Waals surface area contributed by atoms with Gasteiger partial charge < -0.3 is 25.0 Å². The van der Waals surface area contributed by atoms with E-state index in [0.717, 1.165) is 25.7 Å². The molecule has 154 valence electrons. The molecule has 8 heteroatoms. The van der Waals surface area contributed by atoms with Crippen molar-refractivity contribution in [3.05, 3.63) is 39.4 Å². The van der Waals surface area contributed by atoms with Gasteiger partial charge in [-0.1, -0.05) is 0 Å². The van der Waals surface area contributed by atoms with Crippen molar-refractivity contribution < 1.29 is 19.0 Å². The largest absolute Gasteiger partial charge is 0.477 e. The molecular formula is C21H24FN3O4. The van der Waals surface area contributed by atoms with E-state index in [2.05, 4.69) is 4.90 Å². The Hall–Kier alpha value is -2.45. The lowest BCUT2D eigenvalue weighted by Crippen LogP contribution is -2.34. The second-order valence-electron chi connectivity index (χ2n) is 8.38. The number of hydrogen-bond donors (Lipinski definition) is 2. The van der Waals surface area contributed by atoms with Gasteiger partial charge in [-0.15, -0.1) is 0 Å². The molecule has 3 heterocycles. The van der Waals surface area contributed by atoms with E-state index >= 15 is 4.39 Å². The minimum atomic E-state index is -1.29. The highest BCUT2D eigenvalue weighted by molar-refractivity contribution is 5.95. The van der Waals surface area contributed by atoms with Crippen molar-refractivity contribution in [2.45, 2.75) is 44.4 Å². The number of fused-ring (bicyclic) bond motifs is 5. The zero-order valence-corrected chi connectivity index (χ0v) is 16.1. The Kier molecular flexibility index (Phi) is 4.36. The van der Waals surface area contributed by atoms with Gasteiger partial charge in [0.2, 0.25) is 5.43 Å². The van der Waals surface area contributed by atoms with Crippen LogP contribution in [0.3, 0.4) is 0 Å². The van der Waals surface area contributed by atoms with E-state index in [1.54, 1.807) is 0 Å². The number of carboxylic acids is 1. The highest BCUT2D eigenvalue weighted by Crippen LogP contribution is 2.43. The van der Waals surface area contributed by atoms with E-state index in [1.165, 1.54) is 12.3 Å². The maximum Gasteiger partial charge on any atom is 0.341 e. The summed E-state index contributed by atoms with van der Waals surface area (Å²) in [7, 11) is 0. The number of ether oxygens (including phenoxy) is 1. The fourth-order valence-electron chi connectivity index (χ4n) is 4.92. The molecule has 5 rings (SSSR count). The van der Waals surface area contributed by atoms with Crippen molar-refractivity contribution in [1.82, 2.24) is 4.57 Å². The smallest absolute Gasteiger partial charge is 0.341 e. The molecule has 0 spiro atoms. The normalized spacial score (nSPS) is 24.1. The van der Waals surface area contributed by atoms with Crippen molar-refractivity contribution in [2.24, 2.45) is 11.7 Å². The second-order valence-corrected chi connectivity index (χ2v) is 8.38. The van der Waals surface area contributed by atoms with Gasteiger partial charge in [-0.2, -0.15) is 0 Å². The number of anilines is 1. The van der Waals surface area contributed by atoms with Crippen LogP contribution in [0.25, 0.3) is 10.9 Å². The van der Waals surface area contributed by atoms with Crippen LogP contribution in [-0.2, 0) is 11.3 Å². The van der Waals surface area contributed by atoms with Gasteiger partial charge >= 0.3 is 5.97 Å². The molecule has 2 atom stereocenters. The molecule has 0 bridgehead atoms. The van der Waals surface area contributed by atoms with Crippen molar-refractivity contribution in [3.8, 4) is 0 Å². The van der Waals surface area contributed by atoms with Gasteiger partial charge in [0.25, 0.3) is 0 Å². The Morgan fingerprint density at radius 3 is 2.79 bits per heavy atom. The summed E-state index contributed by atoms with van der Waals surface area (Å²) in [6, 6.07) is 1.49. The molecule has 1 aliphatic carbocycles. The Balaban J connectivity index is 1.81. The van der Waals surface area contributed by atoms with Crippen LogP contribution in [0.1, 0.15) is 47.6 Å². The van der Waals surface area contributed by atoms with Gasteiger partial charge in [0.15, 0.2) is 0 Å². The van der Waals surface area contributed by atoms with Gasteiger partial charge in [0.05, 0.1) is 17.8 Å². The Morgan fingerprint density at radius 2 is 2.10 bits per heavy atom. The molecule has 3 aliphatic rings. The van der Waals surface area contributed by atoms with E-state index in [-0.39, 0.29) is 29.6 Å². The molecule has 29 heavy (non-hydrogen) atoms. The molecule has 7 nitrogen and oxygen atoms in total. The van der Waals surface area contributed by atoms with E-state index in [0.29, 0.717) is 42.4 Å². The first kappa shape index (κ1) is 18.6. The third kappa shape index (κ3) is 2.93. The number of carboxylic acid groups (broad SMARTS) is 1. The van der Waals surface area contributed by atoms with E-state index in [1.807, 2.05) is 4.57 Å². The fraction of sp³-hybridized carbons (Fsp3) is 0.524. The van der Waals surface area contributed by atoms with Crippen molar-refractivity contribution in [3.63, 3.8) is 0 Å². The monoisotopic (exact) mass is 401 g/mol. The van der Waals surface area contributed by atoms with Gasteiger partial charge in [-0.05, 0) is 44.2 Å². The highest BCUT2D eigenvalue weighted by atomic mass is 19.1. The lowest BCUT2D eigenvalue weighted by molar-refractivity contribution is 0.0695. The molecule has 1 aromatic heterocycles. The minimum Gasteiger partial charge on any atom is -0.477 e. The Bertz CT molecular complexity index is 1060. The van der Waals surface area contributed by atoms with Gasteiger partial charge in [0.1, 0.15) is 11.4 Å². The third-order valence-electron chi connectivity index (χ3n) is 6.47. The predicted molar refractivity (Wildman–Crippen MR) is 106 cm³/mol. The van der Waals surface area contributed by atoms with Gasteiger partial charge in [-0.25, -0.2) is 9.18 Å². The minimum absolute atomic E-state index is 0.114. The first-order chi connectivity index (χ1) is 14.0. The average molecular weight is 401 g/mol. The molecule has 2 aromatic rings. The standard InChI is InChI=1S/C21H24FN3O4/c22-17-6-14-18(25(12-1-2-12)9-15(20(14)26)21(27)28)16-10-29-4-3-13-5-11(7-23)8-24(13)19(16)17/h6,9,11-13H,1-5,7-8,10,23H2,(H,27,28). The maximum absolute atomic E-state index is 15.4. The number of carbonyl (C=O) groups is 1. The number of halogens is 1. The molecule has 2 aliphatic heterocycles. The van der Waals surface area contributed by atoms with Crippen LogP contribution in [0.15, 0.2) is 17.1 Å². The van der Waals surface area contributed by atoms with E-state index < -0.39 is 17.2 Å². The Labute approximate surface area is 166 Å². The SMILES string of the molecule is NCC1CC2CCOCc3c(c(F)cc4c(=O)c(C(=O)O)cn(C5CC5)c34)N2C1. The number of aromatic carboxylic acids is 1. The molecule has 1 saturated carbocycles. The molecule has 1 saturated heterocycles. The number of nitrogens with zero attached hydrogens (tertiary/aromatic N) is 2. The van der Waals surface area contributed by atoms with Crippen LogP contribution in [0, 0.1) is 11.7 Å². The number of pyridine rings is 1. The average Bonchev–Trinajstić information content (AvgIpc) is 3.44. The van der Waals surface area contributed by atoms with E-state index in [9.17, 15) is 14.7 Å². The predicted octanol–water partition coefficient (Wildman–Crippen LogP) is 2.25. The van der Waals surface area contributed by atoms with Crippen LogP contribution in [0.4, 0.5) is 10.1 Å². The van der Waals surface area contributed by atoms with Crippen LogP contribution in [0.2, 0.25) is 0 Å². The van der Waals surface area contributed by atoms with Gasteiger partial charge in [-0.3, -0.25) is 4.79 Å². The number of nitrogens with two attached hydrogens (primary N) is 1. The summed E-state index contributed by atoms with van der Waals surface area (Å²) in [5.74, 6) is -1.50. The summed E-state index contributed by atoms with van der Waals surface area (Å²) in [6.07, 6.45) is 4.94. The molecule has 2 fully saturated rings. The first-order valence-corrected chi connectivity index (χ1v) is 10.2. The molecule has 3 N–H and O–H groups in total. The van der Waals surface area contributed by atoms with Crippen LogP contribution in [0.5, 0.6) is 0 Å². The topological polar surface area (TPSA) is 97.8 Å². The zero-order valence-electron chi connectivity index (χ0n) is 16.1. The number of rotatable bonds is 3. The quantitative estimate of drug-likeness (QED) is 0.819. The summed E-state index contributed by atoms with van der Waals surface area (Å²) >= 11 is 0. The molecule has 2 unspecified atom stereocenters. The summed E-state index contributed by atoms with van der Waals surface area (Å²) in [5.41, 5.74) is 6.66. The van der Waals surface area contributed by atoms with Crippen molar-refractivity contribution in [1.29, 1.82) is 0 Å². The third-order valence-corrected chi connectivity index (χ3v) is 6.47. The molecule has 1 aromatic carbocycles. The first-order valence-electron chi connectivity index (χ1n) is 10.2. The number of benzene rings is 1. The van der Waals surface area contributed by atoms with Crippen LogP contribution in [-0.4, -0.2) is 41.4 Å². The summed E-state index contributed by atoms with van der Waals surface area (Å²) in [6.45, 7) is 1.97. The number of aromatic nitrogens is 1. The fourth-order valence-corrected chi connectivity index (χ4v) is 4.92. The van der Waals surface area contributed by atoms with Gasteiger partial charge in [0, 0.05) is 42.4 Å². The van der Waals surface area contributed by atoms with Crippen LogP contribution < -0.4 is 16.1 Å². The van der Waals surface area contributed by atoms with E-state index in [4.69, 9.17) is 10.5 Å². The lowest BCUT2D eigenvalue weighted by Gasteiger charge is -2.32. The van der Waals surface area contributed by atoms with Crippen molar-refractivity contribution >= 4 is 22.6 Å². The number of hydrogen-bond acceptors (Lipinski definition) is 5. The molecule has 0 radical (unpaired) electrons. The zero-order chi connectivity index (χ0) is 20.3. The lowest BCUT2D eigenvalue weighted by atomic mass is 10.0. The summed E-state index contributed by atoms with van der Waals surface area (Å²) in [5, 5.41) is 9.58. The summed E-state index contributed by atoms with van der Waals surface area (Å²) in [4.78, 5) is 26.5. The molecule has 0 amide bonds.